The molecular formula is C32H25N3O7. The maximum atomic E-state index is 13.3. The highest BCUT2D eigenvalue weighted by Crippen LogP contribution is 2.41. The predicted octanol–water partition coefficient (Wildman–Crippen LogP) is 5.49. The summed E-state index contributed by atoms with van der Waals surface area (Å²) in [5.74, 6) is -0.00624. The van der Waals surface area contributed by atoms with Gasteiger partial charge < -0.3 is 23.0 Å². The number of carbonyl (C=O) groups excluding carboxylic acids is 2. The summed E-state index contributed by atoms with van der Waals surface area (Å²) >= 11 is 0. The van der Waals surface area contributed by atoms with Crippen LogP contribution >= 0.6 is 0 Å². The number of aromatic nitrogens is 2. The summed E-state index contributed by atoms with van der Waals surface area (Å²) < 4.78 is 17.5. The van der Waals surface area contributed by atoms with Gasteiger partial charge >= 0.3 is 17.8 Å². The lowest BCUT2D eigenvalue weighted by Crippen LogP contribution is -2.10. The summed E-state index contributed by atoms with van der Waals surface area (Å²) in [5.41, 5.74) is 6.26. The van der Waals surface area contributed by atoms with Crippen LogP contribution in [0.25, 0.3) is 22.2 Å². The average molecular weight is 564 g/mol. The van der Waals surface area contributed by atoms with Crippen molar-refractivity contribution < 1.29 is 28.0 Å². The molecule has 3 heterocycles. The second kappa shape index (κ2) is 10.3. The predicted molar refractivity (Wildman–Crippen MR) is 151 cm³/mol. The van der Waals surface area contributed by atoms with Gasteiger partial charge in [-0.1, -0.05) is 59.8 Å². The first-order valence-electron chi connectivity index (χ1n) is 13.7. The minimum Gasteiger partial charge on any atom is -0.454 e. The van der Waals surface area contributed by atoms with Crippen LogP contribution < -0.4 is 5.82 Å². The fourth-order valence-electron chi connectivity index (χ4n) is 5.31. The number of aryl methyl sites for hydroxylation is 1. The van der Waals surface area contributed by atoms with Crippen molar-refractivity contribution in [1.82, 2.24) is 9.55 Å². The third-order valence-electron chi connectivity index (χ3n) is 7.54. The van der Waals surface area contributed by atoms with E-state index in [-0.39, 0.29) is 30.5 Å². The molecule has 3 aromatic carbocycles. The molecule has 0 radical (unpaired) electrons. The van der Waals surface area contributed by atoms with Crippen molar-refractivity contribution >= 4 is 28.7 Å². The second-order valence-electron chi connectivity index (χ2n) is 10.4. The highest BCUT2D eigenvalue weighted by atomic mass is 16.7. The molecule has 0 unspecified atom stereocenters. The molecule has 1 fully saturated rings. The van der Waals surface area contributed by atoms with E-state index in [0.29, 0.717) is 29.3 Å². The largest absolute Gasteiger partial charge is 0.519 e. The van der Waals surface area contributed by atoms with Crippen LogP contribution in [0.3, 0.4) is 0 Å². The molecule has 0 saturated heterocycles. The highest BCUT2D eigenvalue weighted by molar-refractivity contribution is 6.14. The third kappa shape index (κ3) is 4.81. The minimum atomic E-state index is -0.835. The van der Waals surface area contributed by atoms with Gasteiger partial charge in [-0.25, -0.2) is 19.4 Å². The van der Waals surface area contributed by atoms with Crippen LogP contribution in [0.1, 0.15) is 64.0 Å². The number of benzene rings is 3. The van der Waals surface area contributed by atoms with E-state index in [1.807, 2.05) is 42.5 Å². The Morgan fingerprint density at radius 1 is 0.976 bits per heavy atom. The van der Waals surface area contributed by atoms with Gasteiger partial charge in [-0.05, 0) is 48.6 Å². The molecule has 0 atom stereocenters. The topological polar surface area (TPSA) is 126 Å². The summed E-state index contributed by atoms with van der Waals surface area (Å²) in [6.45, 7) is 1.87. The van der Waals surface area contributed by atoms with Gasteiger partial charge in [0.15, 0.2) is 18.1 Å². The molecule has 1 aliphatic heterocycles. The Bertz CT molecular complexity index is 1940. The first-order valence-corrected chi connectivity index (χ1v) is 13.7. The number of hydrogen-bond donors (Lipinski definition) is 0. The summed E-state index contributed by atoms with van der Waals surface area (Å²) in [5, 5.41) is 3.96. The lowest BCUT2D eigenvalue weighted by atomic mass is 9.95. The lowest BCUT2D eigenvalue weighted by Gasteiger charge is -2.13. The van der Waals surface area contributed by atoms with Gasteiger partial charge in [-0.15, -0.1) is 0 Å². The lowest BCUT2D eigenvalue weighted by molar-refractivity contribution is -0.140. The smallest absolute Gasteiger partial charge is 0.454 e. The van der Waals surface area contributed by atoms with Crippen molar-refractivity contribution in [2.75, 3.05) is 0 Å². The van der Waals surface area contributed by atoms with E-state index in [4.69, 9.17) is 23.4 Å². The summed E-state index contributed by atoms with van der Waals surface area (Å²) in [7, 11) is 0. The molecule has 1 saturated carbocycles. The molecule has 10 nitrogen and oxygen atoms in total. The van der Waals surface area contributed by atoms with E-state index in [0.717, 1.165) is 46.4 Å². The number of carbonyl (C=O) groups is 2. The van der Waals surface area contributed by atoms with Gasteiger partial charge in [-0.3, -0.25) is 0 Å². The van der Waals surface area contributed by atoms with Crippen LogP contribution in [0.5, 0.6) is 0 Å². The maximum Gasteiger partial charge on any atom is 0.519 e. The van der Waals surface area contributed by atoms with Crippen molar-refractivity contribution in [1.29, 1.82) is 0 Å². The normalized spacial score (nSPS) is 14.7. The molecule has 0 N–H and O–H groups in total. The SMILES string of the molecule is Cc1oc(=O)oc1COC(=O)c1cccc2nc(C3CC3)n(Cc3ccc(-c4ccccc4C4=NOC(=O)C4)cc3)c12. The second-order valence-corrected chi connectivity index (χ2v) is 10.4. The summed E-state index contributed by atoms with van der Waals surface area (Å²) in [4.78, 5) is 46.0. The number of oxime groups is 1. The Morgan fingerprint density at radius 3 is 2.45 bits per heavy atom. The number of imidazole rings is 1. The molecule has 2 aromatic heterocycles. The zero-order valence-corrected chi connectivity index (χ0v) is 22.7. The number of rotatable bonds is 8. The van der Waals surface area contributed by atoms with Crippen molar-refractivity contribution in [2.24, 2.45) is 5.16 Å². The molecule has 210 valence electrons. The monoisotopic (exact) mass is 563 g/mol. The van der Waals surface area contributed by atoms with E-state index in [2.05, 4.69) is 21.9 Å². The average Bonchev–Trinajstić information content (AvgIpc) is 3.52. The molecule has 0 bridgehead atoms. The van der Waals surface area contributed by atoms with E-state index < -0.39 is 11.8 Å². The Balaban J connectivity index is 1.20. The minimum absolute atomic E-state index is 0.146. The van der Waals surface area contributed by atoms with Gasteiger partial charge in [0.05, 0.1) is 28.7 Å². The van der Waals surface area contributed by atoms with Crippen molar-refractivity contribution in [3.05, 3.63) is 111 Å². The van der Waals surface area contributed by atoms with E-state index in [1.165, 1.54) is 0 Å². The summed E-state index contributed by atoms with van der Waals surface area (Å²) in [6, 6.07) is 21.4. The standard InChI is InChI=1S/C32H25N3O7/c1-18-27(41-32(38)40-18)17-39-31(37)24-7-4-8-25-29(24)35(30(33-25)21-13-14-21)16-19-9-11-20(12-10-19)22-5-2-3-6-23(22)26-15-28(36)42-34-26/h2-12,21H,13-17H2,1H3. The van der Waals surface area contributed by atoms with E-state index in [9.17, 15) is 14.4 Å². The van der Waals surface area contributed by atoms with Crippen molar-refractivity contribution in [3.8, 4) is 11.1 Å². The van der Waals surface area contributed by atoms with Gasteiger partial charge in [0.1, 0.15) is 5.82 Å². The molecular weight excluding hydrogens is 538 g/mol. The molecule has 42 heavy (non-hydrogen) atoms. The molecule has 10 heteroatoms. The van der Waals surface area contributed by atoms with Crippen LogP contribution in [-0.2, 0) is 27.5 Å². The van der Waals surface area contributed by atoms with Gasteiger partial charge in [-0.2, -0.15) is 0 Å². The molecule has 1 aliphatic carbocycles. The molecule has 2 aliphatic rings. The van der Waals surface area contributed by atoms with Crippen molar-refractivity contribution in [2.45, 2.75) is 45.3 Å². The number of nitrogens with zero attached hydrogens (tertiary/aromatic N) is 3. The van der Waals surface area contributed by atoms with Crippen LogP contribution in [0.4, 0.5) is 0 Å². The van der Waals surface area contributed by atoms with Crippen molar-refractivity contribution in [3.63, 3.8) is 0 Å². The number of esters is 1. The van der Waals surface area contributed by atoms with Gasteiger partial charge in [0.2, 0.25) is 0 Å². The molecule has 5 aromatic rings. The van der Waals surface area contributed by atoms with Crippen LogP contribution in [0, 0.1) is 6.92 Å². The first-order chi connectivity index (χ1) is 20.4. The number of fused-ring (bicyclic) bond motifs is 1. The maximum absolute atomic E-state index is 13.3. The molecule has 0 spiro atoms. The zero-order valence-electron chi connectivity index (χ0n) is 22.7. The summed E-state index contributed by atoms with van der Waals surface area (Å²) in [6.07, 6.45) is 2.25. The van der Waals surface area contributed by atoms with Crippen LogP contribution in [0.2, 0.25) is 0 Å². The Kier molecular flexibility index (Phi) is 6.30. The Morgan fingerprint density at radius 2 is 1.76 bits per heavy atom. The Labute approximate surface area is 239 Å². The van der Waals surface area contributed by atoms with Gasteiger partial charge in [0, 0.05) is 18.0 Å². The zero-order chi connectivity index (χ0) is 28.8. The fraction of sp³-hybridized carbons (Fsp3) is 0.219. The van der Waals surface area contributed by atoms with E-state index >= 15 is 0 Å². The number of para-hydroxylation sites is 1. The fourth-order valence-corrected chi connectivity index (χ4v) is 5.31. The number of hydrogen-bond acceptors (Lipinski definition) is 9. The number of ether oxygens (including phenoxy) is 1. The van der Waals surface area contributed by atoms with Crippen LogP contribution in [0.15, 0.2) is 85.5 Å². The Hall–Kier alpha value is -5.25. The van der Waals surface area contributed by atoms with Crippen LogP contribution in [-0.4, -0.2) is 27.2 Å². The molecule has 7 rings (SSSR count). The molecule has 0 amide bonds. The third-order valence-corrected chi connectivity index (χ3v) is 7.54. The first kappa shape index (κ1) is 25.7. The highest BCUT2D eigenvalue weighted by Gasteiger charge is 2.31. The van der Waals surface area contributed by atoms with E-state index in [1.54, 1.807) is 19.1 Å². The quantitative estimate of drug-likeness (QED) is 0.179. The van der Waals surface area contributed by atoms with Gasteiger partial charge in [0.25, 0.3) is 0 Å².